The van der Waals surface area contributed by atoms with E-state index in [0.717, 1.165) is 55.8 Å². The van der Waals surface area contributed by atoms with E-state index in [1.807, 2.05) is 31.3 Å². The lowest BCUT2D eigenvalue weighted by Crippen LogP contribution is -2.58. The zero-order valence-electron chi connectivity index (χ0n) is 26.2. The number of nitrogens with zero attached hydrogens (tertiary/aromatic N) is 4. The van der Waals surface area contributed by atoms with Gasteiger partial charge in [-0.25, -0.2) is 14.4 Å². The Morgan fingerprint density at radius 1 is 1.13 bits per heavy atom. The second-order valence-electron chi connectivity index (χ2n) is 11.9. The minimum Gasteiger partial charge on any atom is -0.495 e. The Hall–Kier alpha value is -4.06. The summed E-state index contributed by atoms with van der Waals surface area (Å²) in [5, 5.41) is 19.1. The zero-order chi connectivity index (χ0) is 32.2. The van der Waals surface area contributed by atoms with Crippen LogP contribution < -0.4 is 20.7 Å². The van der Waals surface area contributed by atoms with Crippen LogP contribution in [0.15, 0.2) is 48.7 Å². The van der Waals surface area contributed by atoms with Crippen molar-refractivity contribution in [2.45, 2.75) is 37.8 Å². The molecule has 1 aromatic heterocycles. The van der Waals surface area contributed by atoms with Gasteiger partial charge in [0.2, 0.25) is 5.95 Å². The molecule has 4 N–H and O–H groups in total. The standard InChI is InChI=1S/C34H40ClFN8O2/c1-38-32(25-5-3-4-6-26(25)35)30-27(37)9-7-22-20-39-34(42-31(22)30)41-28-10-8-21(17-29(28)46-2)33(45)40-23-18-24(19-23)44-15-13-43(12-11-36)14-16-44/h3-6,8,10,17,20,23-24,37-38H,7,9,11-16,18-19H2,1-2H3,(H,40,45)(H,39,41,42)/b32-30+,37-27?. The van der Waals surface area contributed by atoms with E-state index in [0.29, 0.717) is 70.4 Å². The van der Waals surface area contributed by atoms with Gasteiger partial charge in [0.05, 0.1) is 24.2 Å². The van der Waals surface area contributed by atoms with E-state index >= 15 is 0 Å². The first kappa shape index (κ1) is 31.9. The third kappa shape index (κ3) is 6.72. The first-order valence-corrected chi connectivity index (χ1v) is 16.2. The van der Waals surface area contributed by atoms with Crippen molar-refractivity contribution in [2.24, 2.45) is 0 Å². The average molecular weight is 647 g/mol. The van der Waals surface area contributed by atoms with Crippen LogP contribution in [-0.4, -0.2) is 97.0 Å². The fraction of sp³-hybridized carbons (Fsp3) is 0.412. The molecule has 1 amide bonds. The molecule has 242 valence electrons. The molecule has 2 aromatic carbocycles. The van der Waals surface area contributed by atoms with Crippen molar-refractivity contribution in [3.8, 4) is 5.75 Å². The van der Waals surface area contributed by atoms with E-state index in [9.17, 15) is 9.18 Å². The van der Waals surface area contributed by atoms with Crippen molar-refractivity contribution >= 4 is 46.1 Å². The molecule has 0 radical (unpaired) electrons. The lowest BCUT2D eigenvalue weighted by Gasteiger charge is -2.46. The molecule has 46 heavy (non-hydrogen) atoms. The Kier molecular flexibility index (Phi) is 9.81. The van der Waals surface area contributed by atoms with Crippen molar-refractivity contribution in [3.63, 3.8) is 0 Å². The minimum atomic E-state index is -0.297. The highest BCUT2D eigenvalue weighted by Gasteiger charge is 2.36. The molecule has 0 spiro atoms. The topological polar surface area (TPSA) is 118 Å². The number of aryl methyl sites for hydroxylation is 1. The number of nitrogens with one attached hydrogen (secondary N) is 4. The Bertz CT molecular complexity index is 1640. The summed E-state index contributed by atoms with van der Waals surface area (Å²) in [7, 11) is 3.38. The molecule has 1 saturated carbocycles. The maximum absolute atomic E-state index is 13.1. The maximum Gasteiger partial charge on any atom is 0.251 e. The highest BCUT2D eigenvalue weighted by atomic mass is 35.5. The molecule has 0 atom stereocenters. The van der Waals surface area contributed by atoms with Crippen LogP contribution in [0.1, 0.15) is 46.4 Å². The molecule has 3 aromatic rings. The summed E-state index contributed by atoms with van der Waals surface area (Å²) < 4.78 is 18.3. The number of methoxy groups -OCH3 is 1. The summed E-state index contributed by atoms with van der Waals surface area (Å²) in [6, 6.07) is 13.4. The number of hydrogen-bond donors (Lipinski definition) is 4. The van der Waals surface area contributed by atoms with Crippen LogP contribution in [0.2, 0.25) is 5.02 Å². The fourth-order valence-electron chi connectivity index (χ4n) is 6.52. The van der Waals surface area contributed by atoms with Crippen LogP contribution >= 0.6 is 11.6 Å². The number of allylic oxidation sites excluding steroid dienone is 1. The Morgan fingerprint density at radius 3 is 2.63 bits per heavy atom. The van der Waals surface area contributed by atoms with Gasteiger partial charge in [-0.15, -0.1) is 0 Å². The van der Waals surface area contributed by atoms with Crippen molar-refractivity contribution in [1.29, 1.82) is 5.41 Å². The molecule has 0 bridgehead atoms. The second-order valence-corrected chi connectivity index (χ2v) is 12.3. The summed E-state index contributed by atoms with van der Waals surface area (Å²) in [5.41, 5.74) is 5.46. The van der Waals surface area contributed by atoms with Gasteiger partial charge in [0, 0.05) is 85.5 Å². The number of carbonyl (C=O) groups is 1. The summed E-state index contributed by atoms with van der Waals surface area (Å²) in [5.74, 6) is 0.697. The average Bonchev–Trinajstić information content (AvgIpc) is 3.05. The van der Waals surface area contributed by atoms with Gasteiger partial charge in [0.15, 0.2) is 0 Å². The molecule has 3 aliphatic rings. The monoisotopic (exact) mass is 646 g/mol. The van der Waals surface area contributed by atoms with E-state index in [4.69, 9.17) is 26.7 Å². The first-order chi connectivity index (χ1) is 22.4. The summed E-state index contributed by atoms with van der Waals surface area (Å²) in [6.07, 6.45) is 4.87. The SMILES string of the molecule is CN/C(=C1\C(=N)CCc2cnc(Nc3ccc(C(=O)NC4CC(N5CCN(CCF)CC5)C4)cc3OC)nc21)c1ccccc1Cl. The number of benzene rings is 2. The number of aromatic nitrogens is 2. The number of ether oxygens (including phenoxy) is 1. The van der Waals surface area contributed by atoms with Crippen LogP contribution in [0.3, 0.4) is 0 Å². The summed E-state index contributed by atoms with van der Waals surface area (Å²) >= 11 is 6.54. The Morgan fingerprint density at radius 2 is 1.91 bits per heavy atom. The molecular weight excluding hydrogens is 607 g/mol. The molecule has 2 aliphatic carbocycles. The molecule has 10 nitrogen and oxygen atoms in total. The van der Waals surface area contributed by atoms with Crippen LogP contribution in [0.25, 0.3) is 11.3 Å². The van der Waals surface area contributed by atoms with Crippen molar-refractivity contribution in [2.75, 3.05) is 58.9 Å². The molecule has 12 heteroatoms. The Balaban J connectivity index is 1.14. The smallest absolute Gasteiger partial charge is 0.251 e. The summed E-state index contributed by atoms with van der Waals surface area (Å²) in [4.78, 5) is 27.2. The van der Waals surface area contributed by atoms with Gasteiger partial charge >= 0.3 is 0 Å². The number of rotatable bonds is 10. The number of carbonyl (C=O) groups excluding carboxylic acids is 1. The molecule has 2 heterocycles. The van der Waals surface area contributed by atoms with Crippen LogP contribution in [-0.2, 0) is 6.42 Å². The number of piperazine rings is 1. The van der Waals surface area contributed by atoms with E-state index in [2.05, 4.69) is 30.7 Å². The van der Waals surface area contributed by atoms with Gasteiger partial charge in [-0.3, -0.25) is 14.6 Å². The van der Waals surface area contributed by atoms with Crippen LogP contribution in [0.4, 0.5) is 16.0 Å². The summed E-state index contributed by atoms with van der Waals surface area (Å²) in [6.45, 7) is 3.91. The minimum absolute atomic E-state index is 0.128. The molecular formula is C34H40ClFN8O2. The van der Waals surface area contributed by atoms with E-state index in [1.54, 1.807) is 31.5 Å². The lowest BCUT2D eigenvalue weighted by atomic mass is 9.85. The molecule has 0 unspecified atom stereocenters. The third-order valence-electron chi connectivity index (χ3n) is 9.17. The third-order valence-corrected chi connectivity index (χ3v) is 9.50. The van der Waals surface area contributed by atoms with Gasteiger partial charge < -0.3 is 26.1 Å². The van der Waals surface area contributed by atoms with E-state index < -0.39 is 0 Å². The number of halogens is 2. The number of hydrogen-bond acceptors (Lipinski definition) is 9. The van der Waals surface area contributed by atoms with Crippen molar-refractivity contribution in [3.05, 3.63) is 76.1 Å². The van der Waals surface area contributed by atoms with E-state index in [-0.39, 0.29) is 18.6 Å². The number of amides is 1. The predicted molar refractivity (Wildman–Crippen MR) is 180 cm³/mol. The van der Waals surface area contributed by atoms with Crippen molar-refractivity contribution in [1.82, 2.24) is 30.4 Å². The number of anilines is 2. The quantitative estimate of drug-likeness (QED) is 0.249. The molecule has 1 saturated heterocycles. The normalized spacial score (nSPS) is 21.2. The van der Waals surface area contributed by atoms with Gasteiger partial charge in [-0.2, -0.15) is 0 Å². The molecule has 2 fully saturated rings. The van der Waals surface area contributed by atoms with Gasteiger partial charge in [-0.1, -0.05) is 29.8 Å². The van der Waals surface area contributed by atoms with Crippen LogP contribution in [0, 0.1) is 5.41 Å². The Labute approximate surface area is 273 Å². The molecule has 6 rings (SSSR count). The second kappa shape index (κ2) is 14.1. The van der Waals surface area contributed by atoms with Crippen molar-refractivity contribution < 1.29 is 13.9 Å². The zero-order valence-corrected chi connectivity index (χ0v) is 27.0. The van der Waals surface area contributed by atoms with Gasteiger partial charge in [-0.05, 0) is 55.5 Å². The fourth-order valence-corrected chi connectivity index (χ4v) is 6.75. The predicted octanol–water partition coefficient (Wildman–Crippen LogP) is 4.78. The van der Waals surface area contributed by atoms with Gasteiger partial charge in [0.25, 0.3) is 5.91 Å². The highest BCUT2D eigenvalue weighted by Crippen LogP contribution is 2.36. The number of alkyl halides is 1. The molecule has 1 aliphatic heterocycles. The largest absolute Gasteiger partial charge is 0.495 e. The maximum atomic E-state index is 13.1. The number of fused-ring (bicyclic) bond motifs is 1. The van der Waals surface area contributed by atoms with Crippen LogP contribution in [0.5, 0.6) is 5.75 Å². The van der Waals surface area contributed by atoms with Gasteiger partial charge in [0.1, 0.15) is 12.4 Å². The lowest BCUT2D eigenvalue weighted by molar-refractivity contribution is 0.0417. The van der Waals surface area contributed by atoms with E-state index in [1.165, 1.54) is 0 Å². The first-order valence-electron chi connectivity index (χ1n) is 15.8. The highest BCUT2D eigenvalue weighted by molar-refractivity contribution is 6.35.